The van der Waals surface area contributed by atoms with Gasteiger partial charge in [-0.3, -0.25) is 0 Å². The van der Waals surface area contributed by atoms with E-state index in [9.17, 15) is 0 Å². The van der Waals surface area contributed by atoms with Crippen LogP contribution >= 0.6 is 0 Å². The molecule has 0 bridgehead atoms. The maximum Gasteiger partial charge on any atom is 0.144 e. The van der Waals surface area contributed by atoms with Gasteiger partial charge in [-0.15, -0.1) is 0 Å². The van der Waals surface area contributed by atoms with Crippen LogP contribution in [0.15, 0.2) is 5.16 Å². The van der Waals surface area contributed by atoms with Crippen molar-refractivity contribution < 1.29 is 5.21 Å². The third kappa shape index (κ3) is 5.23. The maximum atomic E-state index is 8.68. The summed E-state index contributed by atoms with van der Waals surface area (Å²) in [5.74, 6) is 0.306. The first-order chi connectivity index (χ1) is 8.56. The lowest BCUT2D eigenvalue weighted by Crippen LogP contribution is -2.38. The number of nitrogens with zero attached hydrogens (tertiary/aromatic N) is 2. The molecule has 0 aromatic heterocycles. The Kier molecular flexibility index (Phi) is 6.43. The summed E-state index contributed by atoms with van der Waals surface area (Å²) in [4.78, 5) is 2.52. The van der Waals surface area contributed by atoms with Gasteiger partial charge in [-0.05, 0) is 38.9 Å². The fraction of sp³-hybridized carbons (Fsp3) is 0.923. The Labute approximate surface area is 110 Å². The van der Waals surface area contributed by atoms with Crippen LogP contribution in [0, 0.1) is 5.41 Å². The van der Waals surface area contributed by atoms with E-state index in [2.05, 4.69) is 15.4 Å². The summed E-state index contributed by atoms with van der Waals surface area (Å²) in [7, 11) is 0. The van der Waals surface area contributed by atoms with Gasteiger partial charge in [0.2, 0.25) is 0 Å². The van der Waals surface area contributed by atoms with Gasteiger partial charge in [-0.2, -0.15) is 0 Å². The van der Waals surface area contributed by atoms with E-state index < -0.39 is 0 Å². The highest BCUT2D eigenvalue weighted by Crippen LogP contribution is 2.19. The highest BCUT2D eigenvalue weighted by Gasteiger charge is 2.22. The molecule has 1 rings (SSSR count). The number of hydrogen-bond donors (Lipinski definition) is 3. The van der Waals surface area contributed by atoms with Crippen LogP contribution in [0.1, 0.15) is 39.5 Å². The van der Waals surface area contributed by atoms with Crippen LogP contribution in [0.3, 0.4) is 0 Å². The Morgan fingerprint density at radius 3 is 2.56 bits per heavy atom. The van der Waals surface area contributed by atoms with Crippen molar-refractivity contribution in [2.24, 2.45) is 16.3 Å². The number of nitrogens with two attached hydrogens (primary N) is 1. The molecule has 1 saturated heterocycles. The molecule has 0 unspecified atom stereocenters. The molecule has 1 aliphatic rings. The molecule has 0 atom stereocenters. The number of amidine groups is 1. The lowest BCUT2D eigenvalue weighted by atomic mass is 9.88. The average molecular weight is 256 g/mol. The van der Waals surface area contributed by atoms with Gasteiger partial charge >= 0.3 is 0 Å². The largest absolute Gasteiger partial charge is 0.409 e. The first-order valence-corrected chi connectivity index (χ1v) is 6.97. The molecule has 106 valence electrons. The minimum Gasteiger partial charge on any atom is -0.409 e. The topological polar surface area (TPSA) is 73.9 Å². The normalized spacial score (nSPS) is 19.1. The number of nitrogens with one attached hydrogen (secondary N) is 1. The van der Waals surface area contributed by atoms with Crippen molar-refractivity contribution in [3.8, 4) is 0 Å². The van der Waals surface area contributed by atoms with E-state index in [1.807, 2.05) is 13.8 Å². The van der Waals surface area contributed by atoms with Crippen molar-refractivity contribution in [2.45, 2.75) is 39.5 Å². The molecule has 1 fully saturated rings. The molecule has 18 heavy (non-hydrogen) atoms. The van der Waals surface area contributed by atoms with Crippen molar-refractivity contribution in [3.63, 3.8) is 0 Å². The number of hydrogen-bond acceptors (Lipinski definition) is 4. The molecule has 5 heteroatoms. The maximum absolute atomic E-state index is 8.68. The Morgan fingerprint density at radius 1 is 1.28 bits per heavy atom. The van der Waals surface area contributed by atoms with Crippen LogP contribution in [0.5, 0.6) is 0 Å². The third-order valence-corrected chi connectivity index (χ3v) is 3.78. The van der Waals surface area contributed by atoms with Gasteiger partial charge in [0, 0.05) is 18.5 Å². The van der Waals surface area contributed by atoms with E-state index >= 15 is 0 Å². The lowest BCUT2D eigenvalue weighted by molar-refractivity contribution is 0.228. The van der Waals surface area contributed by atoms with Crippen molar-refractivity contribution >= 4 is 5.84 Å². The molecule has 1 heterocycles. The zero-order valence-electron chi connectivity index (χ0n) is 11.8. The first kappa shape index (κ1) is 15.2. The zero-order chi connectivity index (χ0) is 13.4. The Balaban J connectivity index is 2.07. The van der Waals surface area contributed by atoms with Crippen LogP contribution in [-0.4, -0.2) is 48.7 Å². The van der Waals surface area contributed by atoms with Gasteiger partial charge in [0.15, 0.2) is 0 Å². The average Bonchev–Trinajstić information content (AvgIpc) is 2.38. The van der Waals surface area contributed by atoms with Crippen molar-refractivity contribution in [1.29, 1.82) is 0 Å². The smallest absolute Gasteiger partial charge is 0.144 e. The predicted octanol–water partition coefficient (Wildman–Crippen LogP) is 1.22. The summed E-state index contributed by atoms with van der Waals surface area (Å²) in [6.45, 7) is 9.53. The minimum atomic E-state index is -0.243. The second kappa shape index (κ2) is 7.59. The quantitative estimate of drug-likeness (QED) is 0.210. The third-order valence-electron chi connectivity index (χ3n) is 3.78. The summed E-state index contributed by atoms with van der Waals surface area (Å²) in [5, 5.41) is 15.2. The van der Waals surface area contributed by atoms with Crippen LogP contribution in [0.25, 0.3) is 0 Å². The van der Waals surface area contributed by atoms with E-state index in [0.717, 1.165) is 26.1 Å². The molecule has 0 amide bonds. The molecular weight excluding hydrogens is 228 g/mol. The summed E-state index contributed by atoms with van der Waals surface area (Å²) in [6, 6.07) is 0. The zero-order valence-corrected chi connectivity index (χ0v) is 11.8. The Hall–Kier alpha value is -0.810. The van der Waals surface area contributed by atoms with Gasteiger partial charge in [-0.25, -0.2) is 0 Å². The molecule has 1 aliphatic heterocycles. The van der Waals surface area contributed by atoms with Gasteiger partial charge in [0.05, 0.1) is 0 Å². The van der Waals surface area contributed by atoms with Crippen LogP contribution in [-0.2, 0) is 0 Å². The van der Waals surface area contributed by atoms with E-state index in [0.29, 0.717) is 5.84 Å². The van der Waals surface area contributed by atoms with Crippen molar-refractivity contribution in [2.75, 3.05) is 32.7 Å². The first-order valence-electron chi connectivity index (χ1n) is 6.97. The van der Waals surface area contributed by atoms with E-state index in [-0.39, 0.29) is 5.41 Å². The highest BCUT2D eigenvalue weighted by molar-refractivity contribution is 5.85. The molecule has 0 spiro atoms. The lowest BCUT2D eigenvalue weighted by Gasteiger charge is -2.27. The Morgan fingerprint density at radius 2 is 1.94 bits per heavy atom. The second-order valence-corrected chi connectivity index (χ2v) is 5.77. The van der Waals surface area contributed by atoms with Crippen molar-refractivity contribution in [3.05, 3.63) is 0 Å². The molecule has 0 aromatic rings. The van der Waals surface area contributed by atoms with Gasteiger partial charge in [-0.1, -0.05) is 25.4 Å². The molecule has 0 radical (unpaired) electrons. The fourth-order valence-corrected chi connectivity index (χ4v) is 2.21. The molecule has 0 saturated carbocycles. The van der Waals surface area contributed by atoms with Crippen LogP contribution in [0.4, 0.5) is 0 Å². The van der Waals surface area contributed by atoms with E-state index in [1.54, 1.807) is 0 Å². The SMILES string of the molecule is CC(C)(CCNCCN1CCCCC1)C(N)=NO. The molecule has 0 aliphatic carbocycles. The molecule has 4 N–H and O–H groups in total. The number of rotatable bonds is 7. The summed E-state index contributed by atoms with van der Waals surface area (Å²) >= 11 is 0. The summed E-state index contributed by atoms with van der Waals surface area (Å²) in [5.41, 5.74) is 5.40. The predicted molar refractivity (Wildman–Crippen MR) is 75.0 cm³/mol. The van der Waals surface area contributed by atoms with E-state index in [1.165, 1.54) is 32.4 Å². The molecule has 0 aromatic carbocycles. The minimum absolute atomic E-state index is 0.243. The van der Waals surface area contributed by atoms with Gasteiger partial charge < -0.3 is 21.2 Å². The van der Waals surface area contributed by atoms with Crippen LogP contribution in [0.2, 0.25) is 0 Å². The van der Waals surface area contributed by atoms with Crippen LogP contribution < -0.4 is 11.1 Å². The van der Waals surface area contributed by atoms with E-state index in [4.69, 9.17) is 10.9 Å². The highest BCUT2D eigenvalue weighted by atomic mass is 16.4. The van der Waals surface area contributed by atoms with Gasteiger partial charge in [0.1, 0.15) is 5.84 Å². The standard InChI is InChI=1S/C13H28N4O/c1-13(2,12(14)16-18)6-7-15-8-11-17-9-4-3-5-10-17/h15,18H,3-11H2,1-2H3,(H2,14,16). The van der Waals surface area contributed by atoms with Crippen molar-refractivity contribution in [1.82, 2.24) is 10.2 Å². The summed E-state index contributed by atoms with van der Waals surface area (Å²) < 4.78 is 0. The molecular formula is C13H28N4O. The monoisotopic (exact) mass is 256 g/mol. The fourth-order valence-electron chi connectivity index (χ4n) is 2.21. The second-order valence-electron chi connectivity index (χ2n) is 5.77. The summed E-state index contributed by atoms with van der Waals surface area (Å²) in [6.07, 6.45) is 4.95. The Bertz CT molecular complexity index is 260. The number of piperidine rings is 1. The van der Waals surface area contributed by atoms with Gasteiger partial charge in [0.25, 0.3) is 0 Å². The number of likely N-dealkylation sites (tertiary alicyclic amines) is 1. The molecule has 5 nitrogen and oxygen atoms in total. The number of oxime groups is 1.